The number of rotatable bonds is 0. The van der Waals surface area contributed by atoms with Crippen LogP contribution in [0.4, 0.5) is 0 Å². The molecule has 0 radical (unpaired) electrons. The molecule has 0 aromatic carbocycles. The fraction of sp³-hybridized carbons (Fsp3) is 0.857. The molecular weight excluding hydrogens is 480 g/mol. The monoisotopic (exact) mass is 516 g/mol. The van der Waals surface area contributed by atoms with Crippen LogP contribution >= 0.6 is 0 Å². The standard InChI is InChI=1S/C28H36O9/c1-22-15-11-28(33)23(2)14(13(15)10-18-27(22,36-18)8-5-6-17(22)29)7-9-26(23,32)16-12-34-25(4)20(19(16)37-28)35-21(30)24(25,3)31/h5-6,13-16,18-20,31-33H,7-12H2,1-4H3/t13-,14-,15-,16+,18+,19-,20-,22-,23-,24+,25+,26+,27+,28-/m0/s1. The van der Waals surface area contributed by atoms with Crippen molar-refractivity contribution in [1.82, 2.24) is 0 Å². The summed E-state index contributed by atoms with van der Waals surface area (Å²) in [5.74, 6) is -3.26. The van der Waals surface area contributed by atoms with E-state index in [1.807, 2.05) is 19.9 Å². The molecule has 0 amide bonds. The molecular formula is C28H36O9. The van der Waals surface area contributed by atoms with Crippen LogP contribution < -0.4 is 0 Å². The average Bonchev–Trinajstić information content (AvgIpc) is 3.41. The van der Waals surface area contributed by atoms with Gasteiger partial charge in [0.1, 0.15) is 17.3 Å². The number of ether oxygens (including phenoxy) is 4. The maximum absolute atomic E-state index is 13.5. The van der Waals surface area contributed by atoms with Crippen molar-refractivity contribution >= 4 is 11.8 Å². The first-order valence-electron chi connectivity index (χ1n) is 13.8. The summed E-state index contributed by atoms with van der Waals surface area (Å²) in [6.07, 6.45) is 4.51. The summed E-state index contributed by atoms with van der Waals surface area (Å²) in [4.78, 5) is 26.2. The molecule has 37 heavy (non-hydrogen) atoms. The fourth-order valence-corrected chi connectivity index (χ4v) is 10.7. The molecule has 4 aliphatic carbocycles. The third-order valence-corrected chi connectivity index (χ3v) is 13.3. The number of ketones is 1. The lowest BCUT2D eigenvalue weighted by molar-refractivity contribution is -0.435. The zero-order valence-electron chi connectivity index (χ0n) is 21.7. The summed E-state index contributed by atoms with van der Waals surface area (Å²) in [7, 11) is 0. The maximum atomic E-state index is 13.5. The van der Waals surface area contributed by atoms with Gasteiger partial charge >= 0.3 is 5.97 Å². The molecule has 1 spiro atoms. The first kappa shape index (κ1) is 23.5. The Morgan fingerprint density at radius 3 is 2.51 bits per heavy atom. The van der Waals surface area contributed by atoms with Crippen LogP contribution in [0.2, 0.25) is 0 Å². The van der Waals surface area contributed by atoms with E-state index in [9.17, 15) is 24.9 Å². The highest BCUT2D eigenvalue weighted by atomic mass is 16.7. The van der Waals surface area contributed by atoms with Gasteiger partial charge in [-0.2, -0.15) is 0 Å². The highest BCUT2D eigenvalue weighted by Crippen LogP contribution is 2.77. The van der Waals surface area contributed by atoms with Gasteiger partial charge in [0.05, 0.1) is 29.1 Å². The second-order valence-corrected chi connectivity index (χ2v) is 13.9. The Kier molecular flexibility index (Phi) is 3.93. The van der Waals surface area contributed by atoms with Crippen LogP contribution in [0.15, 0.2) is 12.2 Å². The maximum Gasteiger partial charge on any atom is 0.341 e. The summed E-state index contributed by atoms with van der Waals surface area (Å²) >= 11 is 0. The van der Waals surface area contributed by atoms with Crippen LogP contribution in [0, 0.1) is 34.5 Å². The van der Waals surface area contributed by atoms with Gasteiger partial charge in [0, 0.05) is 12.3 Å². The summed E-state index contributed by atoms with van der Waals surface area (Å²) in [5.41, 5.74) is -6.95. The second kappa shape index (κ2) is 6.18. The average molecular weight is 517 g/mol. The molecule has 4 heterocycles. The molecule has 14 atom stereocenters. The zero-order chi connectivity index (χ0) is 26.2. The third-order valence-electron chi connectivity index (χ3n) is 13.3. The highest BCUT2D eigenvalue weighted by Gasteiger charge is 2.85. The van der Waals surface area contributed by atoms with Gasteiger partial charge in [0.25, 0.3) is 0 Å². The van der Waals surface area contributed by atoms with Gasteiger partial charge in [0.2, 0.25) is 0 Å². The summed E-state index contributed by atoms with van der Waals surface area (Å²) < 4.78 is 24.8. The highest BCUT2D eigenvalue weighted by molar-refractivity contribution is 5.97. The Balaban J connectivity index is 1.26. The van der Waals surface area contributed by atoms with Gasteiger partial charge in [-0.1, -0.05) is 13.0 Å². The first-order valence-corrected chi connectivity index (χ1v) is 13.8. The van der Waals surface area contributed by atoms with E-state index in [2.05, 4.69) is 0 Å². The van der Waals surface area contributed by atoms with Crippen LogP contribution in [0.1, 0.15) is 59.8 Å². The molecule has 0 bridgehead atoms. The molecule has 0 aromatic rings. The predicted molar refractivity (Wildman–Crippen MR) is 125 cm³/mol. The molecule has 0 aromatic heterocycles. The molecule has 8 aliphatic rings. The molecule has 9 heteroatoms. The number of carbonyl (C=O) groups excluding carboxylic acids is 2. The predicted octanol–water partition coefficient (Wildman–Crippen LogP) is 1.02. The van der Waals surface area contributed by atoms with E-state index in [4.69, 9.17) is 18.9 Å². The number of fused-ring (bicyclic) bond motifs is 7. The fourth-order valence-electron chi connectivity index (χ4n) is 10.7. The van der Waals surface area contributed by atoms with E-state index in [1.54, 1.807) is 13.0 Å². The van der Waals surface area contributed by atoms with E-state index in [0.717, 1.165) is 6.42 Å². The SMILES string of the molecule is C[C@]12[C@H]3CC[C@@]1(O)[C@@H]1CO[C@]4(C)[C@@H](OC(=O)[C@@]4(C)O)[C@H]1O[C@@]2(O)C[C@H]1[C@H]3C[C@H]2O[C@]23CC=CC(=O)[C@]13C. The van der Waals surface area contributed by atoms with Crippen molar-refractivity contribution in [1.29, 1.82) is 0 Å². The van der Waals surface area contributed by atoms with Crippen molar-refractivity contribution in [2.75, 3.05) is 6.61 Å². The quantitative estimate of drug-likeness (QED) is 0.318. The summed E-state index contributed by atoms with van der Waals surface area (Å²) in [6.45, 7) is 7.00. The molecule has 3 saturated carbocycles. The van der Waals surface area contributed by atoms with E-state index in [1.165, 1.54) is 6.92 Å². The molecule has 8 rings (SSSR count). The minimum absolute atomic E-state index is 0.00671. The Morgan fingerprint density at radius 1 is 1.00 bits per heavy atom. The van der Waals surface area contributed by atoms with Crippen molar-refractivity contribution in [2.24, 2.45) is 34.5 Å². The zero-order valence-corrected chi connectivity index (χ0v) is 21.7. The molecule has 3 N–H and O–H groups in total. The smallest absolute Gasteiger partial charge is 0.341 e. The Labute approximate surface area is 215 Å². The van der Waals surface area contributed by atoms with E-state index in [-0.39, 0.29) is 42.7 Å². The van der Waals surface area contributed by atoms with Crippen LogP contribution in [0.3, 0.4) is 0 Å². The van der Waals surface area contributed by atoms with Crippen LogP contribution in [-0.4, -0.2) is 80.2 Å². The van der Waals surface area contributed by atoms with Crippen molar-refractivity contribution in [3.63, 3.8) is 0 Å². The lowest BCUT2D eigenvalue weighted by Gasteiger charge is -2.69. The number of epoxide rings is 1. The number of hydrogen-bond donors (Lipinski definition) is 3. The topological polar surface area (TPSA) is 135 Å². The number of hydrogen-bond acceptors (Lipinski definition) is 9. The summed E-state index contributed by atoms with van der Waals surface area (Å²) in [6, 6.07) is 0. The van der Waals surface area contributed by atoms with Gasteiger partial charge in [0.15, 0.2) is 23.3 Å². The van der Waals surface area contributed by atoms with Crippen LogP contribution in [-0.2, 0) is 28.5 Å². The van der Waals surface area contributed by atoms with Crippen molar-refractivity contribution in [3.05, 3.63) is 12.2 Å². The third kappa shape index (κ3) is 2.10. The Morgan fingerprint density at radius 2 is 1.76 bits per heavy atom. The minimum Gasteiger partial charge on any atom is -0.454 e. The van der Waals surface area contributed by atoms with E-state index in [0.29, 0.717) is 19.3 Å². The number of allylic oxidation sites excluding steroid dienone is 1. The van der Waals surface area contributed by atoms with Crippen molar-refractivity contribution in [2.45, 2.75) is 106 Å². The summed E-state index contributed by atoms with van der Waals surface area (Å²) in [5, 5.41) is 36.1. The number of esters is 1. The van der Waals surface area contributed by atoms with Gasteiger partial charge < -0.3 is 34.3 Å². The molecule has 4 aliphatic heterocycles. The van der Waals surface area contributed by atoms with Gasteiger partial charge in [-0.15, -0.1) is 0 Å². The second-order valence-electron chi connectivity index (χ2n) is 13.9. The molecule has 0 unspecified atom stereocenters. The van der Waals surface area contributed by atoms with E-state index < -0.39 is 63.1 Å². The van der Waals surface area contributed by atoms with Gasteiger partial charge in [-0.05, 0) is 70.3 Å². The minimum atomic E-state index is -1.89. The Bertz CT molecular complexity index is 1180. The molecule has 202 valence electrons. The van der Waals surface area contributed by atoms with Crippen molar-refractivity contribution < 1.29 is 43.9 Å². The van der Waals surface area contributed by atoms with Gasteiger partial charge in [-0.3, -0.25) is 4.79 Å². The van der Waals surface area contributed by atoms with Gasteiger partial charge in [-0.25, -0.2) is 4.79 Å². The lowest BCUT2D eigenvalue weighted by Crippen LogP contribution is -2.80. The molecule has 4 saturated heterocycles. The van der Waals surface area contributed by atoms with E-state index >= 15 is 0 Å². The normalized spacial score (nSPS) is 66.5. The van der Waals surface area contributed by atoms with Crippen LogP contribution in [0.5, 0.6) is 0 Å². The lowest BCUT2D eigenvalue weighted by atomic mass is 9.41. The molecule has 9 nitrogen and oxygen atoms in total. The van der Waals surface area contributed by atoms with Crippen LogP contribution in [0.25, 0.3) is 0 Å². The Hall–Kier alpha value is -1.36. The number of aliphatic hydroxyl groups is 3. The first-order chi connectivity index (χ1) is 17.2. The molecule has 7 fully saturated rings. The van der Waals surface area contributed by atoms with Crippen molar-refractivity contribution in [3.8, 4) is 0 Å². The number of carbonyl (C=O) groups is 2. The largest absolute Gasteiger partial charge is 0.454 e.